The van der Waals surface area contributed by atoms with Crippen molar-refractivity contribution in [2.75, 3.05) is 17.7 Å². The molecule has 1 aliphatic rings. The lowest BCUT2D eigenvalue weighted by molar-refractivity contribution is 0.321. The Labute approximate surface area is 97.2 Å². The zero-order valence-electron chi connectivity index (χ0n) is 10.5. The molecule has 2 rings (SSSR count). The molecule has 0 radical (unpaired) electrons. The van der Waals surface area contributed by atoms with E-state index in [-0.39, 0.29) is 0 Å². The van der Waals surface area contributed by atoms with Crippen molar-refractivity contribution in [2.24, 2.45) is 5.92 Å². The van der Waals surface area contributed by atoms with Crippen LogP contribution in [0.3, 0.4) is 0 Å². The van der Waals surface area contributed by atoms with Crippen LogP contribution in [0.2, 0.25) is 0 Å². The normalized spacial score (nSPS) is 25.7. The van der Waals surface area contributed by atoms with E-state index in [1.54, 1.807) is 0 Å². The van der Waals surface area contributed by atoms with E-state index in [9.17, 15) is 0 Å². The van der Waals surface area contributed by atoms with Gasteiger partial charge in [0.05, 0.1) is 0 Å². The van der Waals surface area contributed by atoms with Crippen molar-refractivity contribution in [3.63, 3.8) is 0 Å². The highest BCUT2D eigenvalue weighted by atomic mass is 15.2. The number of imidazole rings is 1. The monoisotopic (exact) mass is 222 g/mol. The first-order valence-electron chi connectivity index (χ1n) is 6.14. The number of hydrogen-bond donors (Lipinski definition) is 2. The van der Waals surface area contributed by atoms with Crippen molar-refractivity contribution >= 4 is 11.6 Å². The van der Waals surface area contributed by atoms with Gasteiger partial charge in [0.2, 0.25) is 0 Å². The fraction of sp³-hybridized carbons (Fsp3) is 0.750. The number of hydrogen-bond acceptors (Lipinski definition) is 3. The van der Waals surface area contributed by atoms with Crippen LogP contribution in [-0.2, 0) is 0 Å². The number of nitrogen functional groups attached to an aromatic ring is 1. The summed E-state index contributed by atoms with van der Waals surface area (Å²) in [5.74, 6) is 3.23. The molecule has 0 aliphatic heterocycles. The van der Waals surface area contributed by atoms with Gasteiger partial charge in [-0.25, -0.2) is 4.98 Å². The van der Waals surface area contributed by atoms with Gasteiger partial charge in [0.1, 0.15) is 11.6 Å². The summed E-state index contributed by atoms with van der Waals surface area (Å²) in [5, 5.41) is 0. The number of nitrogens with one attached hydrogen (secondary N) is 1. The quantitative estimate of drug-likeness (QED) is 0.807. The molecule has 1 heterocycles. The molecule has 2 unspecified atom stereocenters. The first-order valence-corrected chi connectivity index (χ1v) is 6.14. The molecular formula is C12H22N4. The number of aromatic nitrogens is 2. The van der Waals surface area contributed by atoms with Crippen LogP contribution in [0.1, 0.15) is 38.4 Å². The third-order valence-corrected chi connectivity index (χ3v) is 3.73. The third-order valence-electron chi connectivity index (χ3n) is 3.73. The lowest BCUT2D eigenvalue weighted by Gasteiger charge is -2.36. The van der Waals surface area contributed by atoms with Gasteiger partial charge in [-0.15, -0.1) is 0 Å². The van der Waals surface area contributed by atoms with Gasteiger partial charge >= 0.3 is 0 Å². The van der Waals surface area contributed by atoms with Crippen molar-refractivity contribution in [3.8, 4) is 0 Å². The fourth-order valence-corrected chi connectivity index (χ4v) is 2.80. The van der Waals surface area contributed by atoms with Crippen molar-refractivity contribution < 1.29 is 0 Å². The summed E-state index contributed by atoms with van der Waals surface area (Å²) in [4.78, 5) is 9.79. The van der Waals surface area contributed by atoms with Crippen LogP contribution in [0.5, 0.6) is 0 Å². The van der Waals surface area contributed by atoms with Crippen LogP contribution in [-0.4, -0.2) is 23.1 Å². The first-order chi connectivity index (χ1) is 7.59. The summed E-state index contributed by atoms with van der Waals surface area (Å²) in [7, 11) is 2.11. The minimum atomic E-state index is 0.582. The van der Waals surface area contributed by atoms with E-state index in [0.29, 0.717) is 11.9 Å². The van der Waals surface area contributed by atoms with Crippen molar-refractivity contribution in [2.45, 2.75) is 45.6 Å². The van der Waals surface area contributed by atoms with E-state index in [4.69, 9.17) is 5.73 Å². The standard InChI is InChI=1S/C12H22N4/c1-8-6-4-5-7-10(8)16(3)12-11(13)14-9(2)15-12/h8,10H,4-7,13H2,1-3H3,(H,14,15). The molecule has 1 saturated carbocycles. The lowest BCUT2D eigenvalue weighted by atomic mass is 9.85. The Bertz CT molecular complexity index is 358. The fourth-order valence-electron chi connectivity index (χ4n) is 2.80. The first kappa shape index (κ1) is 11.3. The molecule has 1 aromatic heterocycles. The predicted molar refractivity (Wildman–Crippen MR) is 67.6 cm³/mol. The molecule has 0 spiro atoms. The van der Waals surface area contributed by atoms with E-state index in [1.807, 2.05) is 6.92 Å². The number of anilines is 2. The minimum absolute atomic E-state index is 0.582. The molecule has 2 atom stereocenters. The van der Waals surface area contributed by atoms with Crippen molar-refractivity contribution in [1.82, 2.24) is 9.97 Å². The van der Waals surface area contributed by atoms with Crippen LogP contribution in [0.4, 0.5) is 11.6 Å². The summed E-state index contributed by atoms with van der Waals surface area (Å²) in [6.45, 7) is 4.27. The summed E-state index contributed by atoms with van der Waals surface area (Å²) in [5.41, 5.74) is 5.93. The number of aryl methyl sites for hydroxylation is 1. The van der Waals surface area contributed by atoms with Crippen LogP contribution in [0.15, 0.2) is 0 Å². The highest BCUT2D eigenvalue weighted by molar-refractivity contribution is 5.59. The molecule has 0 aromatic carbocycles. The van der Waals surface area contributed by atoms with Gasteiger partial charge in [0, 0.05) is 13.1 Å². The Morgan fingerprint density at radius 1 is 1.38 bits per heavy atom. The topological polar surface area (TPSA) is 57.9 Å². The lowest BCUT2D eigenvalue weighted by Crippen LogP contribution is -2.39. The molecule has 16 heavy (non-hydrogen) atoms. The SMILES string of the molecule is Cc1nc(N(C)C2CCCCC2C)c(N)[nH]1. The predicted octanol–water partition coefficient (Wildman–Crippen LogP) is 2.32. The molecule has 1 aromatic rings. The van der Waals surface area contributed by atoms with Crippen LogP contribution >= 0.6 is 0 Å². The summed E-state index contributed by atoms with van der Waals surface area (Å²) >= 11 is 0. The average molecular weight is 222 g/mol. The second-order valence-corrected chi connectivity index (χ2v) is 5.00. The highest BCUT2D eigenvalue weighted by Gasteiger charge is 2.27. The Morgan fingerprint density at radius 3 is 2.62 bits per heavy atom. The van der Waals surface area contributed by atoms with Gasteiger partial charge in [-0.2, -0.15) is 0 Å². The average Bonchev–Trinajstić information content (AvgIpc) is 2.58. The third kappa shape index (κ3) is 2.01. The molecule has 0 saturated heterocycles. The van der Waals surface area contributed by atoms with Gasteiger partial charge in [0.25, 0.3) is 0 Å². The van der Waals surface area contributed by atoms with Gasteiger partial charge in [0.15, 0.2) is 5.82 Å². The molecule has 1 fully saturated rings. The van der Waals surface area contributed by atoms with E-state index < -0.39 is 0 Å². The molecule has 1 aliphatic carbocycles. The summed E-state index contributed by atoms with van der Waals surface area (Å²) < 4.78 is 0. The Hall–Kier alpha value is -1.19. The molecule has 90 valence electrons. The van der Waals surface area contributed by atoms with E-state index in [0.717, 1.165) is 17.6 Å². The van der Waals surface area contributed by atoms with Crippen molar-refractivity contribution in [1.29, 1.82) is 0 Å². The molecule has 0 amide bonds. The van der Waals surface area contributed by atoms with Crippen LogP contribution in [0.25, 0.3) is 0 Å². The van der Waals surface area contributed by atoms with E-state index in [2.05, 4.69) is 28.8 Å². The number of H-pyrrole nitrogens is 1. The van der Waals surface area contributed by atoms with Gasteiger partial charge < -0.3 is 15.6 Å². The smallest absolute Gasteiger partial charge is 0.171 e. The van der Waals surface area contributed by atoms with Crippen LogP contribution in [0, 0.1) is 12.8 Å². The molecule has 4 nitrogen and oxygen atoms in total. The second kappa shape index (κ2) is 4.36. The highest BCUT2D eigenvalue weighted by Crippen LogP contribution is 2.31. The minimum Gasteiger partial charge on any atom is -0.382 e. The van der Waals surface area contributed by atoms with Gasteiger partial charge in [-0.1, -0.05) is 19.8 Å². The number of nitrogens with zero attached hydrogens (tertiary/aromatic N) is 2. The van der Waals surface area contributed by atoms with E-state index >= 15 is 0 Å². The largest absolute Gasteiger partial charge is 0.382 e. The van der Waals surface area contributed by atoms with Gasteiger partial charge in [-0.3, -0.25) is 0 Å². The Balaban J connectivity index is 2.17. The maximum Gasteiger partial charge on any atom is 0.171 e. The van der Waals surface area contributed by atoms with Crippen molar-refractivity contribution in [3.05, 3.63) is 5.82 Å². The maximum absolute atomic E-state index is 5.93. The summed E-state index contributed by atoms with van der Waals surface area (Å²) in [6, 6.07) is 0.582. The molecule has 0 bridgehead atoms. The van der Waals surface area contributed by atoms with Gasteiger partial charge in [-0.05, 0) is 25.7 Å². The second-order valence-electron chi connectivity index (χ2n) is 5.00. The summed E-state index contributed by atoms with van der Waals surface area (Å²) in [6.07, 6.45) is 5.25. The van der Waals surface area contributed by atoms with Crippen LogP contribution < -0.4 is 10.6 Å². The maximum atomic E-state index is 5.93. The number of nitrogens with two attached hydrogens (primary N) is 1. The Morgan fingerprint density at radius 2 is 2.06 bits per heavy atom. The number of rotatable bonds is 2. The molecule has 3 N–H and O–H groups in total. The van der Waals surface area contributed by atoms with E-state index in [1.165, 1.54) is 25.7 Å². The molecular weight excluding hydrogens is 200 g/mol. The zero-order chi connectivity index (χ0) is 11.7. The zero-order valence-corrected chi connectivity index (χ0v) is 10.5. The number of aromatic amines is 1. The Kier molecular flexibility index (Phi) is 3.08. The molecule has 4 heteroatoms.